The average molecular weight is 441 g/mol. The molecule has 1 heterocycles. The van der Waals surface area contributed by atoms with Crippen molar-refractivity contribution in [1.29, 1.82) is 5.26 Å². The lowest BCUT2D eigenvalue weighted by Gasteiger charge is -2.40. The fraction of sp³-hybridized carbons (Fsp3) is 0.0909. The molecule has 0 saturated carbocycles. The molecule has 0 saturated heterocycles. The predicted octanol–water partition coefficient (Wildman–Crippen LogP) is 5.03. The number of hydrogen-bond donors (Lipinski definition) is 1. The molecule has 2 aromatic rings. The van der Waals surface area contributed by atoms with Crippen LogP contribution in [0, 0.1) is 11.3 Å². The molecular formula is C11H7Cl2F5N4OS2. The highest BCUT2D eigenvalue weighted by molar-refractivity contribution is 8.45. The number of halogens is 7. The zero-order valence-corrected chi connectivity index (χ0v) is 15.1. The normalized spacial score (nSPS) is 16.0. The number of aromatic nitrogens is 2. The van der Waals surface area contributed by atoms with Crippen molar-refractivity contribution in [3.8, 4) is 11.8 Å². The van der Waals surface area contributed by atoms with E-state index in [-0.39, 0.29) is 28.5 Å². The first kappa shape index (κ1) is 19.8. The van der Waals surface area contributed by atoms with Crippen molar-refractivity contribution < 1.29 is 23.6 Å². The standard InChI is InChI=1S/C11H7Cl2F5N4OS2/c1-24(23)10-8(4-19)21-22(11(10)20)9-6(12)2-5(3-7(9)13)25(14,15,16,17)18/h2-3H,20H2,1H3. The minimum atomic E-state index is -10.0. The largest absolute Gasteiger partial charge is 0.383 e. The maximum Gasteiger partial charge on any atom is 0.310 e. The molecule has 2 N–H and O–H groups in total. The van der Waals surface area contributed by atoms with Crippen molar-refractivity contribution >= 4 is 50.0 Å². The maximum absolute atomic E-state index is 12.9. The number of rotatable bonds is 3. The van der Waals surface area contributed by atoms with E-state index in [2.05, 4.69) is 5.10 Å². The summed E-state index contributed by atoms with van der Waals surface area (Å²) in [7, 11) is -11.8. The van der Waals surface area contributed by atoms with Crippen LogP contribution in [0.15, 0.2) is 21.9 Å². The van der Waals surface area contributed by atoms with Gasteiger partial charge in [0.05, 0.1) is 20.8 Å². The number of hydrogen-bond acceptors (Lipinski definition) is 4. The fourth-order valence-corrected chi connectivity index (χ4v) is 4.11. The van der Waals surface area contributed by atoms with E-state index in [1.54, 1.807) is 6.07 Å². The predicted molar refractivity (Wildman–Crippen MR) is 86.4 cm³/mol. The first-order chi connectivity index (χ1) is 11.1. The van der Waals surface area contributed by atoms with Crippen LogP contribution in [0.3, 0.4) is 0 Å². The molecule has 0 fully saturated rings. The topological polar surface area (TPSA) is 84.7 Å². The molecule has 1 aromatic carbocycles. The Kier molecular flexibility index (Phi) is 4.13. The molecule has 14 heteroatoms. The summed E-state index contributed by atoms with van der Waals surface area (Å²) in [5.74, 6) is -0.374. The molecule has 2 rings (SSSR count). The lowest BCUT2D eigenvalue weighted by molar-refractivity contribution is 0.364. The van der Waals surface area contributed by atoms with E-state index in [1.165, 1.54) is 6.26 Å². The van der Waals surface area contributed by atoms with Gasteiger partial charge in [-0.2, -0.15) is 10.4 Å². The van der Waals surface area contributed by atoms with Crippen molar-refractivity contribution in [3.63, 3.8) is 0 Å². The van der Waals surface area contributed by atoms with Crippen LogP contribution >= 0.6 is 33.4 Å². The molecule has 5 nitrogen and oxygen atoms in total. The molecule has 0 amide bonds. The summed E-state index contributed by atoms with van der Waals surface area (Å²) in [6, 6.07) is 1.58. The fourth-order valence-electron chi connectivity index (χ4n) is 1.91. The second kappa shape index (κ2) is 5.23. The summed E-state index contributed by atoms with van der Waals surface area (Å²) in [4.78, 5) is -2.48. The summed E-state index contributed by atoms with van der Waals surface area (Å²) >= 11 is 11.4. The van der Waals surface area contributed by atoms with Crippen LogP contribution in [-0.2, 0) is 10.8 Å². The first-order valence-corrected chi connectivity index (χ1v) is 10.2. The number of benzene rings is 1. The third kappa shape index (κ3) is 3.69. The van der Waals surface area contributed by atoms with E-state index in [9.17, 15) is 23.6 Å². The van der Waals surface area contributed by atoms with E-state index in [1.807, 2.05) is 0 Å². The van der Waals surface area contributed by atoms with Gasteiger partial charge >= 0.3 is 10.2 Å². The summed E-state index contributed by atoms with van der Waals surface area (Å²) in [6.07, 6.45) is 1.19. The number of nitrogens with two attached hydrogens (primary N) is 1. The Morgan fingerprint density at radius 1 is 1.24 bits per heavy atom. The highest BCUT2D eigenvalue weighted by Crippen LogP contribution is 3.02. The Labute approximate surface area is 150 Å². The molecule has 0 spiro atoms. The Balaban J connectivity index is 2.81. The number of nitrogens with zero attached hydrogens (tertiary/aromatic N) is 3. The second-order valence-corrected chi connectivity index (χ2v) is 9.29. The van der Waals surface area contributed by atoms with Gasteiger partial charge in [0.25, 0.3) is 0 Å². The Hall–Kier alpha value is -1.55. The summed E-state index contributed by atoms with van der Waals surface area (Å²) in [5.41, 5.74) is 4.87. The lowest BCUT2D eigenvalue weighted by atomic mass is 10.3. The van der Waals surface area contributed by atoms with E-state index in [0.29, 0.717) is 4.68 Å². The van der Waals surface area contributed by atoms with Crippen LogP contribution in [0.2, 0.25) is 10.0 Å². The SMILES string of the molecule is CS(=O)c1c(C#N)nn(-c2c(Cl)cc(S(F)(F)(F)(F)F)cc2Cl)c1N. The molecule has 138 valence electrons. The molecule has 0 aliphatic heterocycles. The van der Waals surface area contributed by atoms with E-state index in [0.717, 1.165) is 0 Å². The zero-order chi connectivity index (χ0) is 19.4. The van der Waals surface area contributed by atoms with Gasteiger partial charge in [0.2, 0.25) is 0 Å². The monoisotopic (exact) mass is 440 g/mol. The average Bonchev–Trinajstić information content (AvgIpc) is 2.72. The lowest BCUT2D eigenvalue weighted by Crippen LogP contribution is -2.09. The van der Waals surface area contributed by atoms with Crippen molar-refractivity contribution in [3.05, 3.63) is 27.9 Å². The smallest absolute Gasteiger partial charge is 0.310 e. The van der Waals surface area contributed by atoms with Crippen LogP contribution < -0.4 is 5.73 Å². The number of nitriles is 1. The maximum atomic E-state index is 12.9. The molecule has 1 unspecified atom stereocenters. The molecule has 0 aliphatic carbocycles. The third-order valence-corrected chi connectivity index (χ3v) is 5.60. The van der Waals surface area contributed by atoms with E-state index >= 15 is 0 Å². The molecule has 0 bridgehead atoms. The summed E-state index contributed by atoms with van der Waals surface area (Å²) in [5, 5.41) is 11.0. The number of nitrogen functional groups attached to an aromatic ring is 1. The van der Waals surface area contributed by atoms with Gasteiger partial charge in [0.15, 0.2) is 5.69 Å². The minimum absolute atomic E-state index is 0.0138. The van der Waals surface area contributed by atoms with Gasteiger partial charge in [-0.25, -0.2) is 4.68 Å². The Morgan fingerprint density at radius 3 is 2.04 bits per heavy atom. The van der Waals surface area contributed by atoms with Crippen molar-refractivity contribution in [1.82, 2.24) is 9.78 Å². The van der Waals surface area contributed by atoms with Crippen LogP contribution in [0.4, 0.5) is 25.2 Å². The zero-order valence-electron chi connectivity index (χ0n) is 11.9. The van der Waals surface area contributed by atoms with Crippen LogP contribution in [0.1, 0.15) is 5.69 Å². The summed E-state index contributed by atoms with van der Waals surface area (Å²) < 4.78 is 76.8. The first-order valence-electron chi connectivity index (χ1n) is 5.92. The third-order valence-electron chi connectivity index (χ3n) is 2.92. The molecule has 0 aliphatic rings. The van der Waals surface area contributed by atoms with Crippen LogP contribution in [0.25, 0.3) is 5.69 Å². The highest BCUT2D eigenvalue weighted by atomic mass is 35.5. The van der Waals surface area contributed by atoms with Gasteiger partial charge in [-0.05, 0) is 12.1 Å². The Morgan fingerprint density at radius 2 is 1.72 bits per heavy atom. The highest BCUT2D eigenvalue weighted by Gasteiger charge is 2.65. The van der Waals surface area contributed by atoms with Gasteiger partial charge in [-0.1, -0.05) is 42.6 Å². The van der Waals surface area contributed by atoms with Gasteiger partial charge < -0.3 is 5.73 Å². The molecule has 1 atom stereocenters. The summed E-state index contributed by atoms with van der Waals surface area (Å²) in [6.45, 7) is 0. The minimum Gasteiger partial charge on any atom is -0.383 e. The van der Waals surface area contributed by atoms with Crippen molar-refractivity contribution in [2.24, 2.45) is 0 Å². The van der Waals surface area contributed by atoms with Crippen molar-refractivity contribution in [2.45, 2.75) is 9.79 Å². The van der Waals surface area contributed by atoms with Gasteiger partial charge in [-0.15, -0.1) is 0 Å². The van der Waals surface area contributed by atoms with Crippen molar-refractivity contribution in [2.75, 3.05) is 12.0 Å². The van der Waals surface area contributed by atoms with E-state index in [4.69, 9.17) is 34.2 Å². The quantitative estimate of drug-likeness (QED) is 0.678. The molecule has 25 heavy (non-hydrogen) atoms. The van der Waals surface area contributed by atoms with Gasteiger partial charge in [0, 0.05) is 6.26 Å². The number of anilines is 1. The molecular weight excluding hydrogens is 434 g/mol. The molecule has 1 aromatic heterocycles. The van der Waals surface area contributed by atoms with E-state index < -0.39 is 41.7 Å². The van der Waals surface area contributed by atoms with Crippen LogP contribution in [0.5, 0.6) is 0 Å². The molecule has 0 radical (unpaired) electrons. The second-order valence-electron chi connectivity index (χ2n) is 4.75. The Bertz CT molecular complexity index is 945. The van der Waals surface area contributed by atoms with Gasteiger partial charge in [0.1, 0.15) is 27.4 Å². The van der Waals surface area contributed by atoms with Crippen LogP contribution in [-0.4, -0.2) is 20.2 Å². The van der Waals surface area contributed by atoms with Gasteiger partial charge in [-0.3, -0.25) is 4.21 Å².